The van der Waals surface area contributed by atoms with E-state index in [4.69, 9.17) is 4.74 Å². The molecule has 0 aliphatic heterocycles. The summed E-state index contributed by atoms with van der Waals surface area (Å²) in [6, 6.07) is 3.14. The van der Waals surface area contributed by atoms with Crippen molar-refractivity contribution in [3.8, 4) is 0 Å². The monoisotopic (exact) mass is 293 g/mol. The second kappa shape index (κ2) is 7.06. The van der Waals surface area contributed by atoms with E-state index < -0.39 is 0 Å². The summed E-state index contributed by atoms with van der Waals surface area (Å²) >= 11 is 1.93. The molecule has 0 atom stereocenters. The van der Waals surface area contributed by atoms with Crippen LogP contribution in [0.1, 0.15) is 60.3 Å². The molecular formula is C17H27NOS. The number of rotatable bonds is 7. The number of nitrogens with one attached hydrogen (secondary N) is 1. The second-order valence-electron chi connectivity index (χ2n) is 6.47. The fourth-order valence-corrected chi connectivity index (χ4v) is 4.04. The summed E-state index contributed by atoms with van der Waals surface area (Å²) in [5.74, 6) is 0.818. The lowest BCUT2D eigenvalue weighted by molar-refractivity contribution is 0.0738. The van der Waals surface area contributed by atoms with Crippen molar-refractivity contribution in [3.05, 3.63) is 21.4 Å². The number of hydrogen-bond donors (Lipinski definition) is 1. The standard InChI is InChI=1S/C17H27NOS/c1-13-15(9-17(20-13)10-18-16-7-8-16)12-19-11-14-5-3-2-4-6-14/h9,14,16,18H,2-8,10-12H2,1H3. The van der Waals surface area contributed by atoms with Gasteiger partial charge in [-0.25, -0.2) is 0 Å². The van der Waals surface area contributed by atoms with Crippen molar-refractivity contribution < 1.29 is 4.74 Å². The summed E-state index contributed by atoms with van der Waals surface area (Å²) in [6.45, 7) is 5.04. The fourth-order valence-electron chi connectivity index (χ4n) is 3.04. The van der Waals surface area contributed by atoms with Crippen LogP contribution in [0.5, 0.6) is 0 Å². The van der Waals surface area contributed by atoms with Gasteiger partial charge in [0.1, 0.15) is 0 Å². The summed E-state index contributed by atoms with van der Waals surface area (Å²) in [5, 5.41) is 3.59. The van der Waals surface area contributed by atoms with Gasteiger partial charge in [0.25, 0.3) is 0 Å². The summed E-state index contributed by atoms with van der Waals surface area (Å²) in [4.78, 5) is 2.90. The topological polar surface area (TPSA) is 21.3 Å². The molecule has 2 nitrogen and oxygen atoms in total. The van der Waals surface area contributed by atoms with Crippen molar-refractivity contribution in [2.45, 2.75) is 71.1 Å². The van der Waals surface area contributed by atoms with Crippen LogP contribution in [0.3, 0.4) is 0 Å². The van der Waals surface area contributed by atoms with E-state index in [0.717, 1.165) is 31.7 Å². The minimum absolute atomic E-state index is 0.795. The van der Waals surface area contributed by atoms with E-state index in [2.05, 4.69) is 18.3 Å². The molecule has 20 heavy (non-hydrogen) atoms. The lowest BCUT2D eigenvalue weighted by Crippen LogP contribution is -2.14. The van der Waals surface area contributed by atoms with Crippen molar-refractivity contribution in [1.29, 1.82) is 0 Å². The van der Waals surface area contributed by atoms with Gasteiger partial charge < -0.3 is 10.1 Å². The van der Waals surface area contributed by atoms with Crippen LogP contribution >= 0.6 is 11.3 Å². The van der Waals surface area contributed by atoms with Crippen LogP contribution in [0.4, 0.5) is 0 Å². The zero-order valence-electron chi connectivity index (χ0n) is 12.6. The van der Waals surface area contributed by atoms with E-state index >= 15 is 0 Å². The molecule has 3 heteroatoms. The van der Waals surface area contributed by atoms with Gasteiger partial charge in [0, 0.05) is 28.9 Å². The van der Waals surface area contributed by atoms with E-state index in [9.17, 15) is 0 Å². The zero-order chi connectivity index (χ0) is 13.8. The minimum atomic E-state index is 0.795. The Morgan fingerprint density at radius 3 is 2.75 bits per heavy atom. The first-order valence-electron chi connectivity index (χ1n) is 8.20. The first-order valence-corrected chi connectivity index (χ1v) is 9.02. The highest BCUT2D eigenvalue weighted by Gasteiger charge is 2.20. The first-order chi connectivity index (χ1) is 9.81. The van der Waals surface area contributed by atoms with Gasteiger partial charge >= 0.3 is 0 Å². The van der Waals surface area contributed by atoms with Crippen molar-refractivity contribution in [2.75, 3.05) is 6.61 Å². The Morgan fingerprint density at radius 1 is 1.20 bits per heavy atom. The van der Waals surface area contributed by atoms with Crippen LogP contribution in [-0.2, 0) is 17.9 Å². The van der Waals surface area contributed by atoms with Gasteiger partial charge in [-0.1, -0.05) is 19.3 Å². The van der Waals surface area contributed by atoms with Gasteiger partial charge in [0.2, 0.25) is 0 Å². The Morgan fingerprint density at radius 2 is 2.00 bits per heavy atom. The Balaban J connectivity index is 1.41. The number of ether oxygens (including phenoxy) is 1. The maximum Gasteiger partial charge on any atom is 0.0727 e. The second-order valence-corrected chi connectivity index (χ2v) is 7.81. The maximum absolute atomic E-state index is 5.98. The molecule has 0 amide bonds. The minimum Gasteiger partial charge on any atom is -0.376 e. The van der Waals surface area contributed by atoms with Crippen LogP contribution in [-0.4, -0.2) is 12.6 Å². The summed E-state index contributed by atoms with van der Waals surface area (Å²) in [5.41, 5.74) is 1.40. The molecule has 2 aliphatic carbocycles. The Bertz CT molecular complexity index is 419. The molecule has 2 saturated carbocycles. The van der Waals surface area contributed by atoms with E-state index in [1.165, 1.54) is 60.3 Å². The molecule has 0 radical (unpaired) electrons. The molecule has 1 heterocycles. The van der Waals surface area contributed by atoms with E-state index in [1.54, 1.807) is 0 Å². The SMILES string of the molecule is Cc1sc(CNC2CC2)cc1COCC1CCCCC1. The highest BCUT2D eigenvalue weighted by molar-refractivity contribution is 7.12. The number of thiophene rings is 1. The molecule has 2 fully saturated rings. The Hall–Kier alpha value is -0.380. The smallest absolute Gasteiger partial charge is 0.0727 e. The fraction of sp³-hybridized carbons (Fsp3) is 0.765. The highest BCUT2D eigenvalue weighted by Crippen LogP contribution is 2.26. The average Bonchev–Trinajstić information content (AvgIpc) is 3.23. The predicted octanol–water partition coefficient (Wildman–Crippen LogP) is 4.41. The first kappa shape index (κ1) is 14.6. The molecule has 0 unspecified atom stereocenters. The van der Waals surface area contributed by atoms with E-state index in [0.29, 0.717) is 0 Å². The van der Waals surface area contributed by atoms with Gasteiger partial charge in [0.05, 0.1) is 6.61 Å². The lowest BCUT2D eigenvalue weighted by atomic mass is 9.90. The van der Waals surface area contributed by atoms with Crippen LogP contribution in [0, 0.1) is 12.8 Å². The summed E-state index contributed by atoms with van der Waals surface area (Å²) in [6.07, 6.45) is 9.71. The molecule has 0 spiro atoms. The summed E-state index contributed by atoms with van der Waals surface area (Å²) < 4.78 is 5.98. The quantitative estimate of drug-likeness (QED) is 0.804. The predicted molar refractivity (Wildman–Crippen MR) is 85.1 cm³/mol. The van der Waals surface area contributed by atoms with Gasteiger partial charge in [-0.3, -0.25) is 0 Å². The molecule has 1 aromatic rings. The number of hydrogen-bond acceptors (Lipinski definition) is 3. The average molecular weight is 293 g/mol. The molecule has 1 N–H and O–H groups in total. The Labute approximate surface area is 126 Å². The third-order valence-electron chi connectivity index (χ3n) is 4.55. The largest absolute Gasteiger partial charge is 0.376 e. The normalized spacial score (nSPS) is 20.4. The van der Waals surface area contributed by atoms with Crippen LogP contribution in [0.2, 0.25) is 0 Å². The molecule has 2 aliphatic rings. The lowest BCUT2D eigenvalue weighted by Gasteiger charge is -2.21. The molecule has 0 bridgehead atoms. The molecule has 112 valence electrons. The van der Waals surface area contributed by atoms with Gasteiger partial charge in [0.15, 0.2) is 0 Å². The van der Waals surface area contributed by atoms with E-state index in [-0.39, 0.29) is 0 Å². The molecular weight excluding hydrogens is 266 g/mol. The molecule has 0 saturated heterocycles. The van der Waals surface area contributed by atoms with Gasteiger partial charge in [-0.05, 0) is 50.2 Å². The third kappa shape index (κ3) is 4.31. The molecule has 0 aromatic carbocycles. The highest BCUT2D eigenvalue weighted by atomic mass is 32.1. The van der Waals surface area contributed by atoms with Crippen LogP contribution < -0.4 is 5.32 Å². The zero-order valence-corrected chi connectivity index (χ0v) is 13.4. The van der Waals surface area contributed by atoms with Crippen molar-refractivity contribution >= 4 is 11.3 Å². The van der Waals surface area contributed by atoms with Gasteiger partial charge in [-0.15, -0.1) is 11.3 Å². The van der Waals surface area contributed by atoms with E-state index in [1.807, 2.05) is 11.3 Å². The van der Waals surface area contributed by atoms with Crippen molar-refractivity contribution in [1.82, 2.24) is 5.32 Å². The van der Waals surface area contributed by atoms with Gasteiger partial charge in [-0.2, -0.15) is 0 Å². The van der Waals surface area contributed by atoms with Crippen LogP contribution in [0.25, 0.3) is 0 Å². The third-order valence-corrected chi connectivity index (χ3v) is 5.64. The molecule has 3 rings (SSSR count). The van der Waals surface area contributed by atoms with Crippen LogP contribution in [0.15, 0.2) is 6.07 Å². The Kier molecular flexibility index (Phi) is 5.14. The van der Waals surface area contributed by atoms with Crippen molar-refractivity contribution in [2.24, 2.45) is 5.92 Å². The summed E-state index contributed by atoms with van der Waals surface area (Å²) in [7, 11) is 0. The maximum atomic E-state index is 5.98. The molecule has 1 aromatic heterocycles. The van der Waals surface area contributed by atoms with Crippen molar-refractivity contribution in [3.63, 3.8) is 0 Å². The number of aryl methyl sites for hydroxylation is 1.